The number of morpholine rings is 1. The number of oxazole rings is 1. The van der Waals surface area contributed by atoms with Crippen LogP contribution in [0.3, 0.4) is 0 Å². The smallest absolute Gasteiger partial charge is 0.327 e. The van der Waals surface area contributed by atoms with Gasteiger partial charge in [0.15, 0.2) is 5.65 Å². The summed E-state index contributed by atoms with van der Waals surface area (Å²) in [5, 5.41) is 8.82. The highest BCUT2D eigenvalue weighted by Crippen LogP contribution is 2.32. The summed E-state index contributed by atoms with van der Waals surface area (Å²) >= 11 is 0. The topological polar surface area (TPSA) is 139 Å². The Balaban J connectivity index is 1.24. The second kappa shape index (κ2) is 11.1. The fourth-order valence-electron chi connectivity index (χ4n) is 4.70. The summed E-state index contributed by atoms with van der Waals surface area (Å²) in [6.45, 7) is 5.96. The zero-order valence-electron chi connectivity index (χ0n) is 22.5. The van der Waals surface area contributed by atoms with Crippen LogP contribution in [0.2, 0.25) is 0 Å². The molecule has 5 heterocycles. The number of anilines is 4. The Morgan fingerprint density at radius 3 is 2.61 bits per heavy atom. The second-order valence-corrected chi connectivity index (χ2v) is 9.61. The van der Waals surface area contributed by atoms with Crippen molar-refractivity contribution < 1.29 is 18.7 Å². The average Bonchev–Trinajstić information content (AvgIpc) is 3.63. The first-order chi connectivity index (χ1) is 19.9. The molecule has 41 heavy (non-hydrogen) atoms. The molecule has 1 aromatic carbocycles. The van der Waals surface area contributed by atoms with E-state index in [1.54, 1.807) is 36.4 Å². The first-order valence-electron chi connectivity index (χ1n) is 13.1. The quantitative estimate of drug-likeness (QED) is 0.271. The molecule has 0 atom stereocenters. The first kappa shape index (κ1) is 26.0. The summed E-state index contributed by atoms with van der Waals surface area (Å²) in [7, 11) is 0. The number of hydrogen-bond donors (Lipinski definition) is 3. The minimum absolute atomic E-state index is 0.0572. The van der Waals surface area contributed by atoms with Crippen LogP contribution >= 0.6 is 0 Å². The molecule has 1 aliphatic heterocycles. The molecule has 0 aliphatic carbocycles. The Bertz CT molecular complexity index is 1720. The van der Waals surface area contributed by atoms with Gasteiger partial charge in [-0.3, -0.25) is 10.1 Å². The molecule has 4 aromatic heterocycles. The molecule has 0 unspecified atom stereocenters. The Morgan fingerprint density at radius 2 is 1.85 bits per heavy atom. The highest BCUT2D eigenvalue weighted by molar-refractivity contribution is 5.99. The molecule has 0 saturated carbocycles. The summed E-state index contributed by atoms with van der Waals surface area (Å²) in [5.41, 5.74) is 6.00. The van der Waals surface area contributed by atoms with Crippen LogP contribution in [0.15, 0.2) is 71.9 Å². The molecular formula is C29H28N8O4. The summed E-state index contributed by atoms with van der Waals surface area (Å²) in [5.74, 6) is 0.523. The predicted molar refractivity (Wildman–Crippen MR) is 153 cm³/mol. The zero-order valence-corrected chi connectivity index (χ0v) is 22.5. The lowest BCUT2D eigenvalue weighted by Gasteiger charge is -2.26. The van der Waals surface area contributed by atoms with E-state index in [0.717, 1.165) is 28.0 Å². The van der Waals surface area contributed by atoms with Crippen LogP contribution in [0.4, 0.5) is 28.0 Å². The van der Waals surface area contributed by atoms with Gasteiger partial charge in [-0.15, -0.1) is 0 Å². The van der Waals surface area contributed by atoms with Crippen molar-refractivity contribution in [2.24, 2.45) is 0 Å². The van der Waals surface area contributed by atoms with Crippen LogP contribution in [0.25, 0.3) is 16.8 Å². The molecule has 12 nitrogen and oxygen atoms in total. The number of benzene rings is 1. The molecule has 208 valence electrons. The summed E-state index contributed by atoms with van der Waals surface area (Å²) in [6, 6.07) is 10.9. The number of hydrogen-bond acceptors (Lipinski definition) is 8. The SMILES string of the molecule is Cc1coc(NC(=O)Nc2cccc(-c3cc(Nc4ccc(C(=O)N5CCOCC5)cn4)c4nccn4c3)c2C)n1. The van der Waals surface area contributed by atoms with E-state index in [1.807, 2.05) is 48.0 Å². The Hall–Kier alpha value is -5.23. The van der Waals surface area contributed by atoms with Crippen molar-refractivity contribution in [2.75, 3.05) is 42.3 Å². The van der Waals surface area contributed by atoms with E-state index < -0.39 is 6.03 Å². The molecule has 6 rings (SSSR count). The van der Waals surface area contributed by atoms with Gasteiger partial charge in [0.2, 0.25) is 0 Å². The van der Waals surface area contributed by atoms with E-state index in [0.29, 0.717) is 49.1 Å². The van der Waals surface area contributed by atoms with Gasteiger partial charge in [-0.05, 0) is 49.2 Å². The fraction of sp³-hybridized carbons (Fsp3) is 0.207. The Morgan fingerprint density at radius 1 is 1.00 bits per heavy atom. The Kier molecular flexibility index (Phi) is 7.04. The summed E-state index contributed by atoms with van der Waals surface area (Å²) in [6.07, 6.45) is 8.61. The number of rotatable bonds is 6. The van der Waals surface area contributed by atoms with Gasteiger partial charge >= 0.3 is 12.0 Å². The van der Waals surface area contributed by atoms with Crippen LogP contribution in [0, 0.1) is 13.8 Å². The third-order valence-electron chi connectivity index (χ3n) is 6.79. The van der Waals surface area contributed by atoms with Crippen molar-refractivity contribution in [1.29, 1.82) is 0 Å². The molecule has 1 fully saturated rings. The number of aryl methyl sites for hydroxylation is 1. The molecule has 0 radical (unpaired) electrons. The molecule has 1 saturated heterocycles. The van der Waals surface area contributed by atoms with E-state index in [1.165, 1.54) is 6.26 Å². The normalized spacial score (nSPS) is 13.3. The maximum Gasteiger partial charge on any atom is 0.327 e. The third kappa shape index (κ3) is 5.58. The van der Waals surface area contributed by atoms with Gasteiger partial charge in [-0.2, -0.15) is 4.98 Å². The lowest BCUT2D eigenvalue weighted by Crippen LogP contribution is -2.40. The second-order valence-electron chi connectivity index (χ2n) is 9.61. The van der Waals surface area contributed by atoms with Crippen LogP contribution in [0.5, 0.6) is 0 Å². The lowest BCUT2D eigenvalue weighted by atomic mass is 10.00. The standard InChI is InChI=1S/C29H28N8O4/c1-18-17-41-29(32-18)35-28(39)34-23-5-3-4-22(19(23)2)21-14-24(26-30-8-9-37(26)16-21)33-25-7-6-20(15-31-25)27(38)36-10-12-40-13-11-36/h3-9,14-17H,10-13H2,1-2H3,(H,31,33)(H2,32,34,35,39). The number of carbonyl (C=O) groups is 2. The van der Waals surface area contributed by atoms with Crippen LogP contribution in [-0.2, 0) is 4.74 Å². The maximum atomic E-state index is 12.8. The van der Waals surface area contributed by atoms with Crippen LogP contribution < -0.4 is 16.0 Å². The summed E-state index contributed by atoms with van der Waals surface area (Å²) < 4.78 is 12.5. The van der Waals surface area contributed by atoms with Gasteiger partial charge in [0.25, 0.3) is 5.91 Å². The van der Waals surface area contributed by atoms with Crippen molar-refractivity contribution in [3.63, 3.8) is 0 Å². The molecule has 12 heteroatoms. The van der Waals surface area contributed by atoms with Gasteiger partial charge in [-0.1, -0.05) is 12.1 Å². The largest absolute Gasteiger partial charge is 0.432 e. The van der Waals surface area contributed by atoms with E-state index in [2.05, 4.69) is 30.9 Å². The number of nitrogens with zero attached hydrogens (tertiary/aromatic N) is 5. The van der Waals surface area contributed by atoms with Gasteiger partial charge in [0.1, 0.15) is 12.1 Å². The Labute approximate surface area is 235 Å². The van der Waals surface area contributed by atoms with Crippen molar-refractivity contribution >= 4 is 40.8 Å². The van der Waals surface area contributed by atoms with Gasteiger partial charge in [0.05, 0.1) is 30.2 Å². The van der Waals surface area contributed by atoms with E-state index >= 15 is 0 Å². The molecule has 0 spiro atoms. The monoisotopic (exact) mass is 552 g/mol. The fourth-order valence-corrected chi connectivity index (χ4v) is 4.70. The van der Waals surface area contributed by atoms with Gasteiger partial charge in [0, 0.05) is 49.1 Å². The first-order valence-corrected chi connectivity index (χ1v) is 13.1. The number of pyridine rings is 2. The lowest BCUT2D eigenvalue weighted by molar-refractivity contribution is 0.0302. The molecule has 3 amide bonds. The van der Waals surface area contributed by atoms with E-state index in [4.69, 9.17) is 9.15 Å². The highest BCUT2D eigenvalue weighted by Gasteiger charge is 2.19. The average molecular weight is 553 g/mol. The molecular weight excluding hydrogens is 524 g/mol. The minimum Gasteiger partial charge on any atom is -0.432 e. The number of ether oxygens (including phenoxy) is 1. The third-order valence-corrected chi connectivity index (χ3v) is 6.79. The predicted octanol–water partition coefficient (Wildman–Crippen LogP) is 4.86. The number of imidazole rings is 1. The van der Waals surface area contributed by atoms with Gasteiger partial charge < -0.3 is 29.1 Å². The van der Waals surface area contributed by atoms with E-state index in [9.17, 15) is 9.59 Å². The van der Waals surface area contributed by atoms with Crippen LogP contribution in [0.1, 0.15) is 21.6 Å². The highest BCUT2D eigenvalue weighted by atomic mass is 16.5. The number of carbonyl (C=O) groups excluding carboxylic acids is 2. The summed E-state index contributed by atoms with van der Waals surface area (Å²) in [4.78, 5) is 40.2. The molecule has 3 N–H and O–H groups in total. The number of fused-ring (bicyclic) bond motifs is 1. The van der Waals surface area contributed by atoms with Gasteiger partial charge in [-0.25, -0.2) is 14.8 Å². The molecule has 5 aromatic rings. The number of amides is 3. The zero-order chi connectivity index (χ0) is 28.3. The minimum atomic E-state index is -0.457. The van der Waals surface area contributed by atoms with Crippen molar-refractivity contribution in [2.45, 2.75) is 13.8 Å². The number of nitrogens with one attached hydrogen (secondary N) is 3. The van der Waals surface area contributed by atoms with E-state index in [-0.39, 0.29) is 11.9 Å². The van der Waals surface area contributed by atoms with Crippen LogP contribution in [-0.4, -0.2) is 62.5 Å². The molecule has 1 aliphatic rings. The van der Waals surface area contributed by atoms with Crippen molar-refractivity contribution in [3.05, 3.63) is 84.3 Å². The van der Waals surface area contributed by atoms with Crippen molar-refractivity contribution in [3.8, 4) is 11.1 Å². The van der Waals surface area contributed by atoms with Crippen molar-refractivity contribution in [1.82, 2.24) is 24.3 Å². The number of aromatic nitrogens is 4. The molecule has 0 bridgehead atoms. The maximum absolute atomic E-state index is 12.8. The number of urea groups is 1.